The first-order valence-corrected chi connectivity index (χ1v) is 8.72. The highest BCUT2D eigenvalue weighted by Gasteiger charge is 2.10. The molecule has 2 aromatic carbocycles. The van der Waals surface area contributed by atoms with Gasteiger partial charge in [-0.1, -0.05) is 23.4 Å². The molecule has 7 heteroatoms. The lowest BCUT2D eigenvalue weighted by atomic mass is 10.2. The number of ether oxygens (including phenoxy) is 1. The summed E-state index contributed by atoms with van der Waals surface area (Å²) in [4.78, 5) is 4.50. The smallest absolute Gasteiger partial charge is 0.258 e. The second-order valence-corrected chi connectivity index (χ2v) is 6.93. The molecule has 1 aromatic heterocycles. The van der Waals surface area contributed by atoms with Gasteiger partial charge in [0.25, 0.3) is 5.89 Å². The van der Waals surface area contributed by atoms with Crippen LogP contribution in [0.5, 0.6) is 5.75 Å². The van der Waals surface area contributed by atoms with Crippen molar-refractivity contribution in [1.82, 2.24) is 10.1 Å². The lowest BCUT2D eigenvalue weighted by Gasteiger charge is -2.04. The van der Waals surface area contributed by atoms with E-state index in [1.807, 2.05) is 30.3 Å². The van der Waals surface area contributed by atoms with E-state index in [4.69, 9.17) is 9.26 Å². The standard InChI is InChI=1S/C16H14N2O4S/c1-23(19,20)14-9-7-13(8-10-14)21-11-15-17-16(22-18-15)12-5-3-2-4-6-12/h2-10H,11H2,1H3. The molecule has 0 saturated carbocycles. The van der Waals surface area contributed by atoms with Gasteiger partial charge >= 0.3 is 0 Å². The molecular weight excluding hydrogens is 316 g/mol. The fourth-order valence-electron chi connectivity index (χ4n) is 1.94. The first kappa shape index (κ1) is 15.2. The Morgan fingerprint density at radius 3 is 2.39 bits per heavy atom. The summed E-state index contributed by atoms with van der Waals surface area (Å²) < 4.78 is 33.5. The minimum absolute atomic E-state index is 0.133. The highest BCUT2D eigenvalue weighted by molar-refractivity contribution is 7.90. The Kier molecular flexibility index (Phi) is 4.12. The Hall–Kier alpha value is -2.67. The second-order valence-electron chi connectivity index (χ2n) is 4.91. The molecule has 0 aliphatic rings. The number of sulfone groups is 1. The molecule has 1 heterocycles. The van der Waals surface area contributed by atoms with Crippen LogP contribution in [0.2, 0.25) is 0 Å². The average Bonchev–Trinajstić information content (AvgIpc) is 3.02. The third-order valence-corrected chi connectivity index (χ3v) is 4.24. The molecule has 0 unspecified atom stereocenters. The fraction of sp³-hybridized carbons (Fsp3) is 0.125. The van der Waals surface area contributed by atoms with Gasteiger partial charge in [-0.05, 0) is 36.4 Å². The molecule has 0 amide bonds. The first-order valence-electron chi connectivity index (χ1n) is 6.83. The minimum Gasteiger partial charge on any atom is -0.485 e. The topological polar surface area (TPSA) is 82.3 Å². The number of aromatic nitrogens is 2. The molecule has 23 heavy (non-hydrogen) atoms. The van der Waals surface area contributed by atoms with Crippen LogP contribution in [0.15, 0.2) is 64.0 Å². The van der Waals surface area contributed by atoms with Crippen molar-refractivity contribution in [3.8, 4) is 17.2 Å². The van der Waals surface area contributed by atoms with Crippen LogP contribution >= 0.6 is 0 Å². The molecule has 0 atom stereocenters. The number of hydrogen-bond donors (Lipinski definition) is 0. The van der Waals surface area contributed by atoms with Gasteiger partial charge in [0.05, 0.1) is 4.90 Å². The molecule has 0 bridgehead atoms. The Morgan fingerprint density at radius 2 is 1.74 bits per heavy atom. The zero-order valence-corrected chi connectivity index (χ0v) is 13.2. The van der Waals surface area contributed by atoms with Crippen molar-refractivity contribution in [2.45, 2.75) is 11.5 Å². The molecule has 0 radical (unpaired) electrons. The van der Waals surface area contributed by atoms with Crippen LogP contribution in [0.1, 0.15) is 5.82 Å². The van der Waals surface area contributed by atoms with Gasteiger partial charge in [-0.2, -0.15) is 4.98 Å². The molecular formula is C16H14N2O4S. The van der Waals surface area contributed by atoms with E-state index in [9.17, 15) is 8.42 Å². The Morgan fingerprint density at radius 1 is 1.04 bits per heavy atom. The fourth-order valence-corrected chi connectivity index (χ4v) is 2.57. The SMILES string of the molecule is CS(=O)(=O)c1ccc(OCc2noc(-c3ccccc3)n2)cc1. The van der Waals surface area contributed by atoms with Crippen molar-refractivity contribution < 1.29 is 17.7 Å². The molecule has 118 valence electrons. The van der Waals surface area contributed by atoms with Crippen LogP contribution in [0.25, 0.3) is 11.5 Å². The van der Waals surface area contributed by atoms with Gasteiger partial charge in [0.1, 0.15) is 5.75 Å². The van der Waals surface area contributed by atoms with E-state index in [2.05, 4.69) is 10.1 Å². The molecule has 0 aliphatic carbocycles. The van der Waals surface area contributed by atoms with Crippen LogP contribution in [-0.4, -0.2) is 24.8 Å². The largest absolute Gasteiger partial charge is 0.485 e. The maximum Gasteiger partial charge on any atom is 0.258 e. The van der Waals surface area contributed by atoms with E-state index in [1.165, 1.54) is 12.1 Å². The maximum absolute atomic E-state index is 11.4. The summed E-state index contributed by atoms with van der Waals surface area (Å²) in [6, 6.07) is 15.6. The van der Waals surface area contributed by atoms with Crippen LogP contribution in [0.4, 0.5) is 0 Å². The van der Waals surface area contributed by atoms with E-state index in [0.717, 1.165) is 11.8 Å². The summed E-state index contributed by atoms with van der Waals surface area (Å²) in [6.45, 7) is 0.133. The van der Waals surface area contributed by atoms with Crippen LogP contribution in [0.3, 0.4) is 0 Å². The summed E-state index contributed by atoms with van der Waals surface area (Å²) in [5, 5.41) is 3.86. The monoisotopic (exact) mass is 330 g/mol. The first-order chi connectivity index (χ1) is 11.0. The summed E-state index contributed by atoms with van der Waals surface area (Å²) in [5.41, 5.74) is 0.837. The second kappa shape index (κ2) is 6.21. The van der Waals surface area contributed by atoms with E-state index in [-0.39, 0.29) is 11.5 Å². The summed E-state index contributed by atoms with van der Waals surface area (Å²) in [5.74, 6) is 1.37. The molecule has 3 rings (SSSR count). The van der Waals surface area contributed by atoms with Gasteiger partial charge in [0.15, 0.2) is 16.4 Å². The third kappa shape index (κ3) is 3.75. The normalized spacial score (nSPS) is 11.3. The highest BCUT2D eigenvalue weighted by atomic mass is 32.2. The van der Waals surface area contributed by atoms with Gasteiger partial charge in [0, 0.05) is 11.8 Å². The summed E-state index contributed by atoms with van der Waals surface area (Å²) in [6.07, 6.45) is 1.16. The zero-order valence-electron chi connectivity index (χ0n) is 12.3. The van der Waals surface area contributed by atoms with E-state index in [0.29, 0.717) is 17.5 Å². The van der Waals surface area contributed by atoms with Crippen molar-refractivity contribution >= 4 is 9.84 Å². The lowest BCUT2D eigenvalue weighted by Crippen LogP contribution is -1.99. The van der Waals surface area contributed by atoms with Crippen LogP contribution in [-0.2, 0) is 16.4 Å². The zero-order chi connectivity index (χ0) is 16.3. The predicted octanol–water partition coefficient (Wildman–Crippen LogP) is 2.72. The minimum atomic E-state index is -3.21. The van der Waals surface area contributed by atoms with E-state index >= 15 is 0 Å². The van der Waals surface area contributed by atoms with Crippen molar-refractivity contribution in [3.63, 3.8) is 0 Å². The Balaban J connectivity index is 1.66. The van der Waals surface area contributed by atoms with Gasteiger partial charge in [0.2, 0.25) is 5.82 Å². The number of rotatable bonds is 5. The van der Waals surface area contributed by atoms with Gasteiger partial charge in [-0.3, -0.25) is 0 Å². The molecule has 0 N–H and O–H groups in total. The van der Waals surface area contributed by atoms with Gasteiger partial charge in [-0.15, -0.1) is 0 Å². The van der Waals surface area contributed by atoms with Crippen LogP contribution < -0.4 is 4.74 Å². The Bertz CT molecular complexity index is 887. The van der Waals surface area contributed by atoms with Crippen molar-refractivity contribution in [1.29, 1.82) is 0 Å². The molecule has 0 saturated heterocycles. The van der Waals surface area contributed by atoms with Crippen molar-refractivity contribution in [2.24, 2.45) is 0 Å². The predicted molar refractivity (Wildman–Crippen MR) is 83.6 cm³/mol. The van der Waals surface area contributed by atoms with Gasteiger partial charge in [-0.25, -0.2) is 8.42 Å². The molecule has 0 spiro atoms. The van der Waals surface area contributed by atoms with Gasteiger partial charge < -0.3 is 9.26 Å². The number of nitrogens with zero attached hydrogens (tertiary/aromatic N) is 2. The van der Waals surface area contributed by atoms with E-state index in [1.54, 1.807) is 12.1 Å². The molecule has 0 aliphatic heterocycles. The number of hydrogen-bond acceptors (Lipinski definition) is 6. The summed E-state index contributed by atoms with van der Waals surface area (Å²) in [7, 11) is -3.21. The lowest BCUT2D eigenvalue weighted by molar-refractivity contribution is 0.287. The highest BCUT2D eigenvalue weighted by Crippen LogP contribution is 2.19. The average molecular weight is 330 g/mol. The third-order valence-electron chi connectivity index (χ3n) is 3.11. The van der Waals surface area contributed by atoms with Crippen molar-refractivity contribution in [3.05, 3.63) is 60.4 Å². The molecule has 0 fully saturated rings. The molecule has 3 aromatic rings. The Labute approximate surface area is 133 Å². The van der Waals surface area contributed by atoms with Crippen molar-refractivity contribution in [2.75, 3.05) is 6.26 Å². The summed E-state index contributed by atoms with van der Waals surface area (Å²) >= 11 is 0. The van der Waals surface area contributed by atoms with Crippen LogP contribution in [0, 0.1) is 0 Å². The maximum atomic E-state index is 11.4. The molecule has 6 nitrogen and oxygen atoms in total. The van der Waals surface area contributed by atoms with E-state index < -0.39 is 9.84 Å². The quantitative estimate of drug-likeness (QED) is 0.715. The number of benzene rings is 2.